The van der Waals surface area contributed by atoms with Crippen LogP contribution < -0.4 is 5.32 Å². The molecule has 0 amide bonds. The fourth-order valence-electron chi connectivity index (χ4n) is 1.75. The van der Waals surface area contributed by atoms with E-state index in [2.05, 4.69) is 15.3 Å². The molecule has 0 aliphatic rings. The predicted molar refractivity (Wildman–Crippen MR) is 73.6 cm³/mol. The zero-order valence-electron chi connectivity index (χ0n) is 10.3. The quantitative estimate of drug-likeness (QED) is 0.651. The normalized spacial score (nSPS) is 10.4. The van der Waals surface area contributed by atoms with Crippen molar-refractivity contribution in [3.05, 3.63) is 51.1 Å². The van der Waals surface area contributed by atoms with Gasteiger partial charge in [-0.05, 0) is 18.6 Å². The van der Waals surface area contributed by atoms with Crippen LogP contribution in [0, 0.1) is 17.0 Å². The summed E-state index contributed by atoms with van der Waals surface area (Å²) in [4.78, 5) is 17.2. The molecular formula is C12H13ClN4O2. The number of anilines is 1. The Bertz CT molecular complexity index is 584. The second-order valence-corrected chi connectivity index (χ2v) is 4.54. The molecule has 1 heterocycles. The van der Waals surface area contributed by atoms with Gasteiger partial charge in [0.15, 0.2) is 0 Å². The monoisotopic (exact) mass is 280 g/mol. The van der Waals surface area contributed by atoms with E-state index < -0.39 is 4.92 Å². The van der Waals surface area contributed by atoms with Crippen LogP contribution in [0.3, 0.4) is 0 Å². The van der Waals surface area contributed by atoms with Crippen molar-refractivity contribution in [3.63, 3.8) is 0 Å². The van der Waals surface area contributed by atoms with Gasteiger partial charge in [-0.2, -0.15) is 0 Å². The highest BCUT2D eigenvalue weighted by Gasteiger charge is 2.14. The number of benzene rings is 1. The maximum Gasteiger partial charge on any atom is 0.288 e. The van der Waals surface area contributed by atoms with E-state index in [4.69, 9.17) is 11.6 Å². The molecule has 100 valence electrons. The van der Waals surface area contributed by atoms with Crippen molar-refractivity contribution >= 4 is 23.0 Å². The SMILES string of the molecule is Cc1cc([N+](=O)[O-])c(Cl)cc1NCCc1cnc[nH]1. The molecule has 0 saturated heterocycles. The van der Waals surface area contributed by atoms with Gasteiger partial charge in [0.25, 0.3) is 5.69 Å². The molecule has 0 unspecified atom stereocenters. The number of aryl methyl sites for hydroxylation is 1. The molecule has 7 heteroatoms. The van der Waals surface area contributed by atoms with E-state index in [-0.39, 0.29) is 10.7 Å². The van der Waals surface area contributed by atoms with Crippen LogP contribution in [0.5, 0.6) is 0 Å². The van der Waals surface area contributed by atoms with E-state index in [1.54, 1.807) is 18.6 Å². The van der Waals surface area contributed by atoms with E-state index in [9.17, 15) is 10.1 Å². The number of hydrogen-bond donors (Lipinski definition) is 2. The van der Waals surface area contributed by atoms with Gasteiger partial charge in [-0.3, -0.25) is 10.1 Å². The molecule has 2 N–H and O–H groups in total. The van der Waals surface area contributed by atoms with E-state index in [0.717, 1.165) is 23.4 Å². The number of rotatable bonds is 5. The van der Waals surface area contributed by atoms with E-state index in [0.29, 0.717) is 6.54 Å². The van der Waals surface area contributed by atoms with E-state index in [1.165, 1.54) is 6.07 Å². The van der Waals surface area contributed by atoms with Crippen molar-refractivity contribution in [1.29, 1.82) is 0 Å². The first-order valence-corrected chi connectivity index (χ1v) is 6.11. The average Bonchev–Trinajstić information content (AvgIpc) is 2.85. The van der Waals surface area contributed by atoms with Crippen molar-refractivity contribution in [2.24, 2.45) is 0 Å². The predicted octanol–water partition coefficient (Wildman–Crippen LogP) is 2.93. The average molecular weight is 281 g/mol. The lowest BCUT2D eigenvalue weighted by atomic mass is 10.1. The Morgan fingerprint density at radius 2 is 2.32 bits per heavy atom. The van der Waals surface area contributed by atoms with Crippen molar-refractivity contribution in [3.8, 4) is 0 Å². The minimum atomic E-state index is -0.482. The molecule has 0 fully saturated rings. The summed E-state index contributed by atoms with van der Waals surface area (Å²) in [5, 5.41) is 14.1. The lowest BCUT2D eigenvalue weighted by molar-refractivity contribution is -0.384. The summed E-state index contributed by atoms with van der Waals surface area (Å²) in [6, 6.07) is 3.06. The second kappa shape index (κ2) is 5.71. The molecule has 2 rings (SSSR count). The standard InChI is InChI=1S/C12H13ClN4O2/c1-8-4-12(17(18)19)10(13)5-11(8)15-3-2-9-6-14-7-16-9/h4-7,15H,2-3H2,1H3,(H,14,16). The van der Waals surface area contributed by atoms with Gasteiger partial charge in [0.2, 0.25) is 0 Å². The van der Waals surface area contributed by atoms with Gasteiger partial charge in [-0.25, -0.2) is 4.98 Å². The number of aromatic nitrogens is 2. The maximum atomic E-state index is 10.7. The van der Waals surface area contributed by atoms with Crippen LogP contribution in [0.1, 0.15) is 11.3 Å². The van der Waals surface area contributed by atoms with Gasteiger partial charge in [0.05, 0.1) is 11.3 Å². The minimum absolute atomic E-state index is 0.0710. The molecule has 1 aromatic heterocycles. The third-order valence-electron chi connectivity index (χ3n) is 2.76. The Hall–Kier alpha value is -2.08. The van der Waals surface area contributed by atoms with Gasteiger partial charge in [0.1, 0.15) is 5.02 Å². The molecule has 0 radical (unpaired) electrons. The lowest BCUT2D eigenvalue weighted by Gasteiger charge is -2.09. The van der Waals surface area contributed by atoms with Gasteiger partial charge in [0, 0.05) is 36.6 Å². The largest absolute Gasteiger partial charge is 0.384 e. The first-order chi connectivity index (χ1) is 9.08. The molecule has 0 aliphatic carbocycles. The summed E-state index contributed by atoms with van der Waals surface area (Å²) in [7, 11) is 0. The van der Waals surface area contributed by atoms with Gasteiger partial charge in [-0.1, -0.05) is 11.6 Å². The summed E-state index contributed by atoms with van der Waals surface area (Å²) in [5.74, 6) is 0. The maximum absolute atomic E-state index is 10.7. The number of nitrogens with zero attached hydrogens (tertiary/aromatic N) is 2. The highest BCUT2D eigenvalue weighted by molar-refractivity contribution is 6.33. The van der Waals surface area contributed by atoms with Crippen molar-refractivity contribution in [2.45, 2.75) is 13.3 Å². The Labute approximate surface area is 115 Å². The Balaban J connectivity index is 2.04. The van der Waals surface area contributed by atoms with Crippen LogP contribution in [-0.2, 0) is 6.42 Å². The topological polar surface area (TPSA) is 83.8 Å². The van der Waals surface area contributed by atoms with Crippen LogP contribution in [0.15, 0.2) is 24.7 Å². The molecular weight excluding hydrogens is 268 g/mol. The second-order valence-electron chi connectivity index (χ2n) is 4.13. The number of imidazole rings is 1. The van der Waals surface area contributed by atoms with Crippen LogP contribution in [0.25, 0.3) is 0 Å². The molecule has 0 atom stereocenters. The van der Waals surface area contributed by atoms with Crippen LogP contribution in [0.4, 0.5) is 11.4 Å². The smallest absolute Gasteiger partial charge is 0.288 e. The van der Waals surface area contributed by atoms with Crippen LogP contribution in [-0.4, -0.2) is 21.4 Å². The van der Waals surface area contributed by atoms with Crippen molar-refractivity contribution in [2.75, 3.05) is 11.9 Å². The summed E-state index contributed by atoms with van der Waals surface area (Å²) in [6.07, 6.45) is 4.18. The molecule has 19 heavy (non-hydrogen) atoms. The molecule has 0 saturated carbocycles. The number of halogens is 1. The number of H-pyrrole nitrogens is 1. The lowest BCUT2D eigenvalue weighted by Crippen LogP contribution is -2.06. The Morgan fingerprint density at radius 1 is 1.53 bits per heavy atom. The number of aromatic amines is 1. The molecule has 0 spiro atoms. The fraction of sp³-hybridized carbons (Fsp3) is 0.250. The van der Waals surface area contributed by atoms with Gasteiger partial charge >= 0.3 is 0 Å². The number of nitro benzene ring substituents is 1. The summed E-state index contributed by atoms with van der Waals surface area (Å²) in [5.41, 5.74) is 2.55. The van der Waals surface area contributed by atoms with Crippen LogP contribution in [0.2, 0.25) is 5.02 Å². The van der Waals surface area contributed by atoms with Gasteiger partial charge < -0.3 is 10.3 Å². The molecule has 0 aliphatic heterocycles. The Kier molecular flexibility index (Phi) is 4.01. The number of nitro groups is 1. The fourth-order valence-corrected chi connectivity index (χ4v) is 1.98. The minimum Gasteiger partial charge on any atom is -0.384 e. The third-order valence-corrected chi connectivity index (χ3v) is 3.06. The summed E-state index contributed by atoms with van der Waals surface area (Å²) >= 11 is 5.88. The molecule has 0 bridgehead atoms. The van der Waals surface area contributed by atoms with Crippen LogP contribution >= 0.6 is 11.6 Å². The summed E-state index contributed by atoms with van der Waals surface area (Å²) < 4.78 is 0. The highest BCUT2D eigenvalue weighted by atomic mass is 35.5. The third kappa shape index (κ3) is 3.23. The van der Waals surface area contributed by atoms with E-state index >= 15 is 0 Å². The van der Waals surface area contributed by atoms with Gasteiger partial charge in [-0.15, -0.1) is 0 Å². The number of nitrogens with one attached hydrogen (secondary N) is 2. The molecule has 1 aromatic carbocycles. The van der Waals surface area contributed by atoms with E-state index in [1.807, 2.05) is 6.92 Å². The summed E-state index contributed by atoms with van der Waals surface area (Å²) in [6.45, 7) is 2.50. The molecule has 6 nitrogen and oxygen atoms in total. The number of hydrogen-bond acceptors (Lipinski definition) is 4. The van der Waals surface area contributed by atoms with Crippen molar-refractivity contribution in [1.82, 2.24) is 9.97 Å². The molecule has 2 aromatic rings. The zero-order valence-corrected chi connectivity index (χ0v) is 11.1. The first-order valence-electron chi connectivity index (χ1n) is 5.73. The highest BCUT2D eigenvalue weighted by Crippen LogP contribution is 2.30. The first kappa shape index (κ1) is 13.4. The Morgan fingerprint density at radius 3 is 2.95 bits per heavy atom. The van der Waals surface area contributed by atoms with Crippen molar-refractivity contribution < 1.29 is 4.92 Å². The zero-order chi connectivity index (χ0) is 13.8.